The van der Waals surface area contributed by atoms with Gasteiger partial charge in [0.05, 0.1) is 27.0 Å². The van der Waals surface area contributed by atoms with Crippen molar-refractivity contribution in [1.29, 1.82) is 0 Å². The summed E-state index contributed by atoms with van der Waals surface area (Å²) >= 11 is 6.65. The van der Waals surface area contributed by atoms with Crippen LogP contribution in [0.15, 0.2) is 47.4 Å². The number of non-ortho nitro benzene ring substituents is 1. The number of thioether (sulfide) groups is 1. The van der Waals surface area contributed by atoms with Gasteiger partial charge in [0.1, 0.15) is 6.54 Å². The van der Waals surface area contributed by atoms with Crippen LogP contribution in [-0.2, 0) is 14.3 Å². The second-order valence-electron chi connectivity index (χ2n) is 6.58. The van der Waals surface area contributed by atoms with Gasteiger partial charge in [0.25, 0.3) is 16.8 Å². The molecule has 0 saturated carbocycles. The van der Waals surface area contributed by atoms with Gasteiger partial charge >= 0.3 is 5.97 Å². The van der Waals surface area contributed by atoms with Crippen LogP contribution in [0.3, 0.4) is 0 Å². The maximum Gasteiger partial charge on any atom is 0.339 e. The number of anilines is 1. The zero-order valence-electron chi connectivity index (χ0n) is 17.1. The van der Waals surface area contributed by atoms with Crippen LogP contribution in [0.4, 0.5) is 16.2 Å². The first kappa shape index (κ1) is 24.0. The molecule has 2 aromatic rings. The normalized spacial score (nSPS) is 14.5. The summed E-state index contributed by atoms with van der Waals surface area (Å²) in [6, 6.07) is 9.66. The molecule has 0 atom stereocenters. The SMILES string of the molecule is CCOC(=O)c1cc(NC(=O)CN2C(=O)S/C(=C/c3ccc([N+](=O)[O-])cc3)C2=O)ccc1Cl. The average Bonchev–Trinajstić information content (AvgIpc) is 3.03. The number of carbonyl (C=O) groups is 4. The summed E-state index contributed by atoms with van der Waals surface area (Å²) in [6.07, 6.45) is 1.41. The second-order valence-corrected chi connectivity index (χ2v) is 7.98. The lowest BCUT2D eigenvalue weighted by Gasteiger charge is -2.13. The maximum absolute atomic E-state index is 12.6. The number of amides is 3. The minimum Gasteiger partial charge on any atom is -0.462 e. The van der Waals surface area contributed by atoms with Crippen molar-refractivity contribution in [3.8, 4) is 0 Å². The smallest absolute Gasteiger partial charge is 0.339 e. The van der Waals surface area contributed by atoms with Gasteiger partial charge in [-0.2, -0.15) is 0 Å². The summed E-state index contributed by atoms with van der Waals surface area (Å²) in [4.78, 5) is 60.3. The number of hydrogen-bond acceptors (Lipinski definition) is 8. The zero-order chi connectivity index (χ0) is 24.1. The molecular formula is C21H16ClN3O7S. The largest absolute Gasteiger partial charge is 0.462 e. The molecule has 3 rings (SSSR count). The van der Waals surface area contributed by atoms with Gasteiger partial charge in [-0.25, -0.2) is 4.79 Å². The second kappa shape index (κ2) is 10.3. The summed E-state index contributed by atoms with van der Waals surface area (Å²) in [5, 5.41) is 12.8. The Hall–Kier alpha value is -3.70. The van der Waals surface area contributed by atoms with E-state index in [4.69, 9.17) is 16.3 Å². The molecule has 3 amide bonds. The molecule has 1 heterocycles. The van der Waals surface area contributed by atoms with Gasteiger partial charge in [-0.3, -0.25) is 29.4 Å². The van der Waals surface area contributed by atoms with Crippen molar-refractivity contribution in [2.24, 2.45) is 0 Å². The Kier molecular flexibility index (Phi) is 7.46. The molecule has 0 unspecified atom stereocenters. The van der Waals surface area contributed by atoms with E-state index in [0.717, 1.165) is 4.90 Å². The van der Waals surface area contributed by atoms with Crippen molar-refractivity contribution in [3.63, 3.8) is 0 Å². The predicted molar refractivity (Wildman–Crippen MR) is 122 cm³/mol. The molecule has 0 aromatic heterocycles. The van der Waals surface area contributed by atoms with Gasteiger partial charge in [0.2, 0.25) is 5.91 Å². The molecule has 0 spiro atoms. The summed E-state index contributed by atoms with van der Waals surface area (Å²) < 4.78 is 4.91. The van der Waals surface area contributed by atoms with Crippen molar-refractivity contribution in [3.05, 3.63) is 73.6 Å². The van der Waals surface area contributed by atoms with E-state index in [0.29, 0.717) is 17.3 Å². The van der Waals surface area contributed by atoms with E-state index in [1.165, 1.54) is 48.5 Å². The summed E-state index contributed by atoms with van der Waals surface area (Å²) in [5.74, 6) is -1.98. The standard InChI is InChI=1S/C21H16ClN3O7S/c1-2-32-20(28)15-10-13(5-8-16(15)22)23-18(26)11-24-19(27)17(33-21(24)29)9-12-3-6-14(7-4-12)25(30)31/h3-10H,2,11H2,1H3,(H,23,26)/b17-9+. The van der Waals surface area contributed by atoms with Crippen molar-refractivity contribution >= 4 is 63.8 Å². The van der Waals surface area contributed by atoms with E-state index in [-0.39, 0.29) is 33.5 Å². The number of esters is 1. The van der Waals surface area contributed by atoms with Crippen molar-refractivity contribution in [2.75, 3.05) is 18.5 Å². The zero-order valence-corrected chi connectivity index (χ0v) is 18.6. The average molecular weight is 490 g/mol. The minimum atomic E-state index is -0.665. The van der Waals surface area contributed by atoms with Gasteiger partial charge in [0, 0.05) is 17.8 Å². The van der Waals surface area contributed by atoms with Crippen LogP contribution in [-0.4, -0.2) is 46.0 Å². The van der Waals surface area contributed by atoms with Crippen LogP contribution in [0.2, 0.25) is 5.02 Å². The molecule has 10 nitrogen and oxygen atoms in total. The highest BCUT2D eigenvalue weighted by atomic mass is 35.5. The Bertz CT molecular complexity index is 1180. The Balaban J connectivity index is 1.68. The van der Waals surface area contributed by atoms with E-state index in [2.05, 4.69) is 5.32 Å². The Morgan fingerprint density at radius 3 is 2.55 bits per heavy atom. The van der Waals surface area contributed by atoms with Crippen LogP contribution in [0, 0.1) is 10.1 Å². The lowest BCUT2D eigenvalue weighted by Crippen LogP contribution is -2.36. The maximum atomic E-state index is 12.6. The third-order valence-corrected chi connectivity index (χ3v) is 5.56. The third kappa shape index (κ3) is 5.76. The minimum absolute atomic E-state index is 0.0634. The van der Waals surface area contributed by atoms with Crippen molar-refractivity contribution in [1.82, 2.24) is 4.90 Å². The van der Waals surface area contributed by atoms with E-state index in [1.807, 2.05) is 0 Å². The Labute approximate surface area is 196 Å². The lowest BCUT2D eigenvalue weighted by atomic mass is 10.2. The number of ether oxygens (including phenoxy) is 1. The molecule has 0 radical (unpaired) electrons. The number of carbonyl (C=O) groups excluding carboxylic acids is 4. The molecule has 1 N–H and O–H groups in total. The molecule has 1 fully saturated rings. The lowest BCUT2D eigenvalue weighted by molar-refractivity contribution is -0.384. The molecule has 33 heavy (non-hydrogen) atoms. The van der Waals surface area contributed by atoms with Crippen LogP contribution in [0.1, 0.15) is 22.8 Å². The summed E-state index contributed by atoms with van der Waals surface area (Å²) in [5.41, 5.74) is 0.683. The quantitative estimate of drug-likeness (QED) is 0.265. The van der Waals surface area contributed by atoms with Crippen LogP contribution < -0.4 is 5.32 Å². The van der Waals surface area contributed by atoms with Gasteiger partial charge in [0.15, 0.2) is 0 Å². The number of nitro groups is 1. The topological polar surface area (TPSA) is 136 Å². The van der Waals surface area contributed by atoms with Crippen molar-refractivity contribution < 1.29 is 28.8 Å². The van der Waals surface area contributed by atoms with Crippen LogP contribution >= 0.6 is 23.4 Å². The molecule has 2 aromatic carbocycles. The first-order valence-electron chi connectivity index (χ1n) is 9.46. The number of nitrogens with one attached hydrogen (secondary N) is 1. The fourth-order valence-electron chi connectivity index (χ4n) is 2.79. The van der Waals surface area contributed by atoms with Crippen LogP contribution in [0.5, 0.6) is 0 Å². The van der Waals surface area contributed by atoms with E-state index >= 15 is 0 Å². The Morgan fingerprint density at radius 1 is 1.21 bits per heavy atom. The molecule has 170 valence electrons. The molecule has 1 aliphatic rings. The summed E-state index contributed by atoms with van der Waals surface area (Å²) in [6.45, 7) is 1.25. The number of nitrogens with zero attached hydrogens (tertiary/aromatic N) is 2. The highest BCUT2D eigenvalue weighted by Crippen LogP contribution is 2.32. The molecule has 0 aliphatic carbocycles. The fraction of sp³-hybridized carbons (Fsp3) is 0.143. The van der Waals surface area contributed by atoms with E-state index in [9.17, 15) is 29.3 Å². The Morgan fingerprint density at radius 2 is 1.91 bits per heavy atom. The van der Waals surface area contributed by atoms with E-state index < -0.39 is 34.5 Å². The fourth-order valence-corrected chi connectivity index (χ4v) is 3.83. The molecule has 0 bridgehead atoms. The monoisotopic (exact) mass is 489 g/mol. The number of hydrogen-bond donors (Lipinski definition) is 1. The first-order chi connectivity index (χ1) is 15.7. The summed E-state index contributed by atoms with van der Waals surface area (Å²) in [7, 11) is 0. The van der Waals surface area contributed by atoms with Gasteiger partial charge in [-0.15, -0.1) is 0 Å². The van der Waals surface area contributed by atoms with E-state index in [1.54, 1.807) is 6.92 Å². The molecule has 12 heteroatoms. The number of nitro benzene ring substituents is 1. The van der Waals surface area contributed by atoms with Crippen molar-refractivity contribution in [2.45, 2.75) is 6.92 Å². The van der Waals surface area contributed by atoms with Gasteiger partial charge in [-0.05, 0) is 60.7 Å². The number of rotatable bonds is 7. The van der Waals surface area contributed by atoms with Gasteiger partial charge in [-0.1, -0.05) is 11.6 Å². The number of halogens is 1. The number of imide groups is 1. The molecule has 1 saturated heterocycles. The molecular weight excluding hydrogens is 474 g/mol. The predicted octanol–water partition coefficient (Wildman–Crippen LogP) is 4.10. The van der Waals surface area contributed by atoms with Gasteiger partial charge < -0.3 is 10.1 Å². The third-order valence-electron chi connectivity index (χ3n) is 4.32. The highest BCUT2D eigenvalue weighted by molar-refractivity contribution is 8.18. The number of benzene rings is 2. The van der Waals surface area contributed by atoms with Crippen LogP contribution in [0.25, 0.3) is 6.08 Å². The molecule has 1 aliphatic heterocycles. The first-order valence-corrected chi connectivity index (χ1v) is 10.7. The highest BCUT2D eigenvalue weighted by Gasteiger charge is 2.36.